The average molecular weight is 495 g/mol. The molecule has 3 N–H and O–H groups in total. The molecule has 6 nitrogen and oxygen atoms in total. The summed E-state index contributed by atoms with van der Waals surface area (Å²) in [6.45, 7) is 1.83. The molecule has 0 aliphatic heterocycles. The Kier molecular flexibility index (Phi) is 6.29. The van der Waals surface area contributed by atoms with Crippen molar-refractivity contribution >= 4 is 55.9 Å². The molecule has 1 aromatic heterocycles. The monoisotopic (exact) mass is 494 g/mol. The first kappa shape index (κ1) is 21.0. The summed E-state index contributed by atoms with van der Waals surface area (Å²) < 4.78 is 6.41. The number of rotatable bonds is 5. The van der Waals surface area contributed by atoms with Crippen molar-refractivity contribution in [1.29, 1.82) is 0 Å². The number of aromatic nitrogens is 2. The number of thiocarbonyl (C=S) groups is 1. The summed E-state index contributed by atoms with van der Waals surface area (Å²) in [4.78, 5) is 20.1. The van der Waals surface area contributed by atoms with Gasteiger partial charge in [-0.3, -0.25) is 10.1 Å². The van der Waals surface area contributed by atoms with Gasteiger partial charge in [-0.05, 0) is 67.2 Å². The average Bonchev–Trinajstić information content (AvgIpc) is 3.19. The number of benzene rings is 3. The third kappa shape index (κ3) is 5.28. The minimum absolute atomic E-state index is 0.137. The number of carbonyl (C=O) groups is 1. The van der Waals surface area contributed by atoms with Crippen molar-refractivity contribution in [1.82, 2.24) is 15.3 Å². The number of hydrogen-bond acceptors (Lipinski definition) is 4. The molecule has 0 saturated heterocycles. The second kappa shape index (κ2) is 9.28. The molecule has 0 aliphatic rings. The van der Waals surface area contributed by atoms with E-state index < -0.39 is 0 Å². The van der Waals surface area contributed by atoms with E-state index in [2.05, 4.69) is 36.5 Å². The molecule has 0 atom stereocenters. The van der Waals surface area contributed by atoms with Crippen LogP contribution in [0.15, 0.2) is 71.2 Å². The number of aromatic amines is 1. The lowest BCUT2D eigenvalue weighted by Crippen LogP contribution is -2.37. The number of aryl methyl sites for hydroxylation is 1. The van der Waals surface area contributed by atoms with E-state index in [0.29, 0.717) is 5.75 Å². The number of ether oxygens (including phenoxy) is 1. The lowest BCUT2D eigenvalue weighted by atomic mass is 10.1. The third-order valence-electron chi connectivity index (χ3n) is 4.59. The maximum atomic E-state index is 12.2. The van der Waals surface area contributed by atoms with Crippen LogP contribution in [0.1, 0.15) is 5.56 Å². The number of halogens is 1. The highest BCUT2D eigenvalue weighted by Gasteiger charge is 2.10. The molecular weight excluding hydrogens is 476 g/mol. The van der Waals surface area contributed by atoms with E-state index in [9.17, 15) is 4.79 Å². The van der Waals surface area contributed by atoms with E-state index >= 15 is 0 Å². The number of carbonyl (C=O) groups excluding carboxylic acids is 1. The molecule has 0 radical (unpaired) electrons. The SMILES string of the molecule is Cc1ccc(-c2nc3ccccc3[nH]2)cc1NC(=S)NC(=O)COc1ccc(Br)cc1. The molecule has 0 aliphatic carbocycles. The van der Waals surface area contributed by atoms with E-state index in [0.717, 1.165) is 38.1 Å². The van der Waals surface area contributed by atoms with E-state index in [1.807, 2.05) is 61.5 Å². The van der Waals surface area contributed by atoms with Gasteiger partial charge in [0.25, 0.3) is 5.91 Å². The zero-order valence-electron chi connectivity index (χ0n) is 16.6. The van der Waals surface area contributed by atoms with Crippen molar-refractivity contribution < 1.29 is 9.53 Å². The van der Waals surface area contributed by atoms with Crippen LogP contribution < -0.4 is 15.4 Å². The summed E-state index contributed by atoms with van der Waals surface area (Å²) in [6, 6.07) is 21.0. The van der Waals surface area contributed by atoms with Crippen molar-refractivity contribution in [3.8, 4) is 17.1 Å². The Morgan fingerprint density at radius 1 is 1.13 bits per heavy atom. The fraction of sp³-hybridized carbons (Fsp3) is 0.0870. The first-order chi connectivity index (χ1) is 15.0. The molecule has 156 valence electrons. The second-order valence-corrected chi connectivity index (χ2v) is 8.20. The van der Waals surface area contributed by atoms with E-state index in [4.69, 9.17) is 17.0 Å². The molecular formula is C23H19BrN4O2S. The molecule has 0 fully saturated rings. The Bertz CT molecular complexity index is 1220. The largest absolute Gasteiger partial charge is 0.484 e. The van der Waals surface area contributed by atoms with Gasteiger partial charge in [-0.15, -0.1) is 0 Å². The number of imidazole rings is 1. The van der Waals surface area contributed by atoms with Gasteiger partial charge in [-0.25, -0.2) is 4.98 Å². The molecule has 0 spiro atoms. The maximum absolute atomic E-state index is 12.2. The van der Waals surface area contributed by atoms with Gasteiger partial charge in [0.1, 0.15) is 11.6 Å². The van der Waals surface area contributed by atoms with Gasteiger partial charge < -0.3 is 15.0 Å². The lowest BCUT2D eigenvalue weighted by molar-refractivity contribution is -0.121. The minimum atomic E-state index is -0.341. The van der Waals surface area contributed by atoms with Crippen LogP contribution in [0.3, 0.4) is 0 Å². The normalized spacial score (nSPS) is 10.6. The summed E-state index contributed by atoms with van der Waals surface area (Å²) in [5, 5.41) is 5.93. The van der Waals surface area contributed by atoms with Gasteiger partial charge in [0.15, 0.2) is 11.7 Å². The second-order valence-electron chi connectivity index (χ2n) is 6.88. The Balaban J connectivity index is 1.40. The molecule has 0 unspecified atom stereocenters. The Labute approximate surface area is 193 Å². The Morgan fingerprint density at radius 3 is 2.68 bits per heavy atom. The fourth-order valence-corrected chi connectivity index (χ4v) is 3.48. The molecule has 4 aromatic rings. The van der Waals surface area contributed by atoms with Crippen molar-refractivity contribution in [2.75, 3.05) is 11.9 Å². The highest BCUT2D eigenvalue weighted by atomic mass is 79.9. The molecule has 0 bridgehead atoms. The summed E-state index contributed by atoms with van der Waals surface area (Å²) in [7, 11) is 0. The van der Waals surface area contributed by atoms with Gasteiger partial charge in [0, 0.05) is 15.7 Å². The first-order valence-electron chi connectivity index (χ1n) is 9.53. The van der Waals surface area contributed by atoms with Crippen LogP contribution in [-0.2, 0) is 4.79 Å². The Morgan fingerprint density at radius 2 is 1.90 bits per heavy atom. The Hall–Kier alpha value is -3.23. The molecule has 3 aromatic carbocycles. The van der Waals surface area contributed by atoms with Gasteiger partial charge >= 0.3 is 0 Å². The van der Waals surface area contributed by atoms with Crippen molar-refractivity contribution in [3.05, 3.63) is 76.8 Å². The topological polar surface area (TPSA) is 79.0 Å². The van der Waals surface area contributed by atoms with Crippen LogP contribution in [0.5, 0.6) is 5.75 Å². The first-order valence-corrected chi connectivity index (χ1v) is 10.7. The number of nitrogens with zero attached hydrogens (tertiary/aromatic N) is 1. The third-order valence-corrected chi connectivity index (χ3v) is 5.32. The van der Waals surface area contributed by atoms with E-state index in [1.54, 1.807) is 12.1 Å². The van der Waals surface area contributed by atoms with Gasteiger partial charge in [0.05, 0.1) is 11.0 Å². The number of amides is 1. The zero-order valence-corrected chi connectivity index (χ0v) is 19.0. The summed E-state index contributed by atoms with van der Waals surface area (Å²) in [5.74, 6) is 1.03. The van der Waals surface area contributed by atoms with Crippen molar-refractivity contribution in [2.45, 2.75) is 6.92 Å². The molecule has 8 heteroatoms. The quantitative estimate of drug-likeness (QED) is 0.332. The van der Waals surface area contributed by atoms with Crippen LogP contribution >= 0.6 is 28.1 Å². The number of para-hydroxylation sites is 2. The number of H-pyrrole nitrogens is 1. The van der Waals surface area contributed by atoms with Gasteiger partial charge in [-0.1, -0.05) is 40.2 Å². The lowest BCUT2D eigenvalue weighted by Gasteiger charge is -2.13. The van der Waals surface area contributed by atoms with Crippen LogP contribution in [0.2, 0.25) is 0 Å². The van der Waals surface area contributed by atoms with Crippen LogP contribution in [0.25, 0.3) is 22.4 Å². The molecule has 1 heterocycles. The van der Waals surface area contributed by atoms with Crippen molar-refractivity contribution in [3.63, 3.8) is 0 Å². The zero-order chi connectivity index (χ0) is 21.8. The number of hydrogen-bond donors (Lipinski definition) is 3. The van der Waals surface area contributed by atoms with Gasteiger partial charge in [0.2, 0.25) is 0 Å². The van der Waals surface area contributed by atoms with Crippen molar-refractivity contribution in [2.24, 2.45) is 0 Å². The minimum Gasteiger partial charge on any atom is -0.484 e. The standard InChI is InChI=1S/C23H19BrN4O2S/c1-14-6-7-15(22-25-18-4-2-3-5-19(18)26-22)12-20(14)27-23(31)28-21(29)13-30-17-10-8-16(24)9-11-17/h2-12H,13H2,1H3,(H,25,26)(H2,27,28,29,31). The number of fused-ring (bicyclic) bond motifs is 1. The van der Waals surface area contributed by atoms with Crippen LogP contribution in [0.4, 0.5) is 5.69 Å². The van der Waals surface area contributed by atoms with Gasteiger partial charge in [-0.2, -0.15) is 0 Å². The summed E-state index contributed by atoms with van der Waals surface area (Å²) >= 11 is 8.66. The fourth-order valence-electron chi connectivity index (χ4n) is 2.99. The molecule has 0 saturated carbocycles. The summed E-state index contributed by atoms with van der Waals surface area (Å²) in [5.41, 5.74) is 4.57. The van der Waals surface area contributed by atoms with E-state index in [1.165, 1.54) is 0 Å². The molecule has 31 heavy (non-hydrogen) atoms. The number of anilines is 1. The predicted molar refractivity (Wildman–Crippen MR) is 130 cm³/mol. The highest BCUT2D eigenvalue weighted by Crippen LogP contribution is 2.25. The predicted octanol–water partition coefficient (Wildman–Crippen LogP) is 5.19. The maximum Gasteiger partial charge on any atom is 0.264 e. The van der Waals surface area contributed by atoms with Crippen LogP contribution in [-0.4, -0.2) is 27.6 Å². The summed E-state index contributed by atoms with van der Waals surface area (Å²) in [6.07, 6.45) is 0. The smallest absolute Gasteiger partial charge is 0.264 e. The number of nitrogens with one attached hydrogen (secondary N) is 3. The van der Waals surface area contributed by atoms with Crippen LogP contribution in [0, 0.1) is 6.92 Å². The molecule has 4 rings (SSSR count). The highest BCUT2D eigenvalue weighted by molar-refractivity contribution is 9.10. The molecule has 1 amide bonds. The van der Waals surface area contributed by atoms with E-state index in [-0.39, 0.29) is 17.6 Å².